The number of benzene rings is 1. The predicted octanol–water partition coefficient (Wildman–Crippen LogP) is 3.04. The Morgan fingerprint density at radius 2 is 1.72 bits per heavy atom. The van der Waals surface area contributed by atoms with Gasteiger partial charge in [-0.05, 0) is 30.4 Å². The monoisotopic (exact) mass is 396 g/mol. The molecule has 1 aliphatic heterocycles. The van der Waals surface area contributed by atoms with E-state index in [1.54, 1.807) is 12.0 Å². The minimum absolute atomic E-state index is 0.00509. The maximum Gasteiger partial charge on any atom is 0.317 e. The summed E-state index contributed by atoms with van der Waals surface area (Å²) in [5.41, 5.74) is 0.376. The average molecular weight is 396 g/mol. The van der Waals surface area contributed by atoms with Crippen LogP contribution in [0, 0.1) is 0 Å². The fourth-order valence-corrected chi connectivity index (χ4v) is 4.22. The second kappa shape index (κ2) is 8.68. The van der Waals surface area contributed by atoms with Gasteiger partial charge < -0.3 is 19.9 Å². The lowest BCUT2D eigenvalue weighted by molar-refractivity contribution is 0.0656. The zero-order valence-electron chi connectivity index (χ0n) is 16.9. The summed E-state index contributed by atoms with van der Waals surface area (Å²) < 4.78 is 5.38. The van der Waals surface area contributed by atoms with Gasteiger partial charge in [-0.2, -0.15) is 0 Å². The molecule has 1 aromatic carbocycles. The topological polar surface area (TPSA) is 74.8 Å². The lowest BCUT2D eigenvalue weighted by Gasteiger charge is -2.36. The van der Waals surface area contributed by atoms with Crippen LogP contribution in [-0.2, 0) is 0 Å². The maximum absolute atomic E-state index is 13.0. The van der Waals surface area contributed by atoms with Gasteiger partial charge in [0.1, 0.15) is 5.69 Å². The second-order valence-corrected chi connectivity index (χ2v) is 7.80. The van der Waals surface area contributed by atoms with Crippen molar-refractivity contribution in [2.24, 2.45) is 0 Å². The van der Waals surface area contributed by atoms with Gasteiger partial charge in [-0.3, -0.25) is 4.79 Å². The van der Waals surface area contributed by atoms with E-state index in [2.05, 4.69) is 10.3 Å². The van der Waals surface area contributed by atoms with Crippen LogP contribution in [0.15, 0.2) is 30.3 Å². The number of nitrogens with one attached hydrogen (secondary N) is 1. The molecule has 1 saturated heterocycles. The van der Waals surface area contributed by atoms with E-state index >= 15 is 0 Å². The fraction of sp³-hybridized carbons (Fsp3) is 0.500. The van der Waals surface area contributed by atoms with Gasteiger partial charge in [-0.15, -0.1) is 0 Å². The van der Waals surface area contributed by atoms with Gasteiger partial charge in [-0.1, -0.05) is 37.5 Å². The molecule has 2 aromatic rings. The second-order valence-electron chi connectivity index (χ2n) is 7.80. The number of urea groups is 1. The number of methoxy groups -OCH3 is 1. The van der Waals surface area contributed by atoms with Crippen LogP contribution in [0.2, 0.25) is 0 Å². The van der Waals surface area contributed by atoms with Gasteiger partial charge in [0.2, 0.25) is 5.88 Å². The first kappa shape index (κ1) is 19.5. The van der Waals surface area contributed by atoms with E-state index in [0.717, 1.165) is 23.6 Å². The molecule has 154 valence electrons. The van der Waals surface area contributed by atoms with E-state index in [0.29, 0.717) is 43.8 Å². The first-order chi connectivity index (χ1) is 14.2. The van der Waals surface area contributed by atoms with Crippen LogP contribution in [0.3, 0.4) is 0 Å². The summed E-state index contributed by atoms with van der Waals surface area (Å²) in [5.74, 6) is 0.332. The molecule has 2 heterocycles. The summed E-state index contributed by atoms with van der Waals surface area (Å²) in [6, 6.07) is 9.83. The predicted molar refractivity (Wildman–Crippen MR) is 111 cm³/mol. The molecule has 0 spiro atoms. The van der Waals surface area contributed by atoms with Gasteiger partial charge in [-0.25, -0.2) is 9.78 Å². The number of amides is 3. The molecule has 29 heavy (non-hydrogen) atoms. The third kappa shape index (κ3) is 4.28. The number of pyridine rings is 1. The van der Waals surface area contributed by atoms with Crippen molar-refractivity contribution in [1.29, 1.82) is 0 Å². The highest BCUT2D eigenvalue weighted by Crippen LogP contribution is 2.25. The number of carbonyl (C=O) groups excluding carboxylic acids is 2. The molecule has 1 N–H and O–H groups in total. The maximum atomic E-state index is 13.0. The molecular formula is C22H28N4O3. The SMILES string of the molecule is COc1nc(C(=O)N2CCN(C(=O)NC3CCCCC3)CC2)cc2ccccc12. The van der Waals surface area contributed by atoms with Crippen molar-refractivity contribution in [2.75, 3.05) is 33.3 Å². The molecular weight excluding hydrogens is 368 g/mol. The lowest BCUT2D eigenvalue weighted by atomic mass is 9.96. The normalized spacial score (nSPS) is 18.0. The van der Waals surface area contributed by atoms with Crippen LogP contribution >= 0.6 is 0 Å². The van der Waals surface area contributed by atoms with Crippen molar-refractivity contribution in [2.45, 2.75) is 38.1 Å². The summed E-state index contributed by atoms with van der Waals surface area (Å²) in [6.45, 7) is 2.09. The van der Waals surface area contributed by atoms with Gasteiger partial charge in [0.05, 0.1) is 7.11 Å². The van der Waals surface area contributed by atoms with Crippen LogP contribution in [0.5, 0.6) is 5.88 Å². The Bertz CT molecular complexity index is 887. The molecule has 0 atom stereocenters. The highest BCUT2D eigenvalue weighted by molar-refractivity contribution is 5.98. The highest BCUT2D eigenvalue weighted by atomic mass is 16.5. The Balaban J connectivity index is 1.39. The van der Waals surface area contributed by atoms with E-state index in [-0.39, 0.29) is 11.9 Å². The van der Waals surface area contributed by atoms with E-state index in [9.17, 15) is 9.59 Å². The molecule has 0 bridgehead atoms. The minimum atomic E-state index is -0.124. The molecule has 3 amide bonds. The number of carbonyl (C=O) groups is 2. The number of hydrogen-bond acceptors (Lipinski definition) is 4. The number of hydrogen-bond donors (Lipinski definition) is 1. The third-order valence-electron chi connectivity index (χ3n) is 5.90. The quantitative estimate of drug-likeness (QED) is 0.865. The van der Waals surface area contributed by atoms with Gasteiger partial charge in [0.15, 0.2) is 0 Å². The Hall–Kier alpha value is -2.83. The third-order valence-corrected chi connectivity index (χ3v) is 5.90. The van der Waals surface area contributed by atoms with Crippen molar-refractivity contribution < 1.29 is 14.3 Å². The molecule has 2 aliphatic rings. The van der Waals surface area contributed by atoms with Gasteiger partial charge >= 0.3 is 6.03 Å². The van der Waals surface area contributed by atoms with Crippen LogP contribution in [0.4, 0.5) is 4.79 Å². The van der Waals surface area contributed by atoms with Crippen molar-refractivity contribution in [1.82, 2.24) is 20.1 Å². The van der Waals surface area contributed by atoms with E-state index < -0.39 is 0 Å². The van der Waals surface area contributed by atoms with Crippen molar-refractivity contribution in [3.05, 3.63) is 36.0 Å². The van der Waals surface area contributed by atoms with E-state index in [1.165, 1.54) is 19.3 Å². The first-order valence-electron chi connectivity index (χ1n) is 10.4. The van der Waals surface area contributed by atoms with E-state index in [1.807, 2.05) is 35.2 Å². The minimum Gasteiger partial charge on any atom is -0.481 e. The number of rotatable bonds is 3. The first-order valence-corrected chi connectivity index (χ1v) is 10.4. The largest absolute Gasteiger partial charge is 0.481 e. The molecule has 1 aliphatic carbocycles. The molecule has 4 rings (SSSR count). The summed E-state index contributed by atoms with van der Waals surface area (Å²) in [6.07, 6.45) is 5.78. The summed E-state index contributed by atoms with van der Waals surface area (Å²) >= 11 is 0. The molecule has 0 unspecified atom stereocenters. The fourth-order valence-electron chi connectivity index (χ4n) is 4.22. The van der Waals surface area contributed by atoms with Crippen molar-refractivity contribution in [3.8, 4) is 5.88 Å². The Morgan fingerprint density at radius 3 is 2.45 bits per heavy atom. The van der Waals surface area contributed by atoms with Crippen molar-refractivity contribution >= 4 is 22.7 Å². The smallest absolute Gasteiger partial charge is 0.317 e. The van der Waals surface area contributed by atoms with E-state index in [4.69, 9.17) is 4.74 Å². The molecule has 7 nitrogen and oxygen atoms in total. The van der Waals surface area contributed by atoms with Gasteiger partial charge in [0, 0.05) is 37.6 Å². The average Bonchev–Trinajstić information content (AvgIpc) is 2.78. The Kier molecular flexibility index (Phi) is 5.83. The zero-order valence-corrected chi connectivity index (χ0v) is 16.9. The number of fused-ring (bicyclic) bond motifs is 1. The lowest BCUT2D eigenvalue weighted by Crippen LogP contribution is -2.54. The standard InChI is InChI=1S/C22H28N4O3/c1-29-20-18-10-6-5-7-16(18)15-19(24-20)21(27)25-11-13-26(14-12-25)22(28)23-17-8-3-2-4-9-17/h5-7,10,15,17H,2-4,8-9,11-14H2,1H3,(H,23,28). The summed E-state index contributed by atoms with van der Waals surface area (Å²) in [7, 11) is 1.56. The number of ether oxygens (including phenoxy) is 1. The zero-order chi connectivity index (χ0) is 20.2. The van der Waals surface area contributed by atoms with Crippen LogP contribution in [0.1, 0.15) is 42.6 Å². The van der Waals surface area contributed by atoms with Crippen molar-refractivity contribution in [3.63, 3.8) is 0 Å². The van der Waals surface area contributed by atoms with Gasteiger partial charge in [0.25, 0.3) is 5.91 Å². The Morgan fingerprint density at radius 1 is 1.03 bits per heavy atom. The Labute approximate surface area is 171 Å². The van der Waals surface area contributed by atoms with Crippen LogP contribution in [0.25, 0.3) is 10.8 Å². The number of piperazine rings is 1. The summed E-state index contributed by atoms with van der Waals surface area (Å²) in [5, 5.41) is 4.96. The molecule has 1 saturated carbocycles. The summed E-state index contributed by atoms with van der Waals surface area (Å²) in [4.78, 5) is 33.5. The number of nitrogens with zero attached hydrogens (tertiary/aromatic N) is 3. The molecule has 1 aromatic heterocycles. The number of aromatic nitrogens is 1. The molecule has 0 radical (unpaired) electrons. The molecule has 7 heteroatoms. The van der Waals surface area contributed by atoms with Crippen LogP contribution in [-0.4, -0.2) is 66.1 Å². The van der Waals surface area contributed by atoms with Crippen LogP contribution < -0.4 is 10.1 Å². The highest BCUT2D eigenvalue weighted by Gasteiger charge is 2.27. The molecule has 2 fully saturated rings.